The van der Waals surface area contributed by atoms with Crippen LogP contribution in [0, 0.1) is 5.92 Å². The Balaban J connectivity index is 1.91. The SMILES string of the molecule is COc1ccc(C(=O)NN=CC2CC2)cc1. The van der Waals surface area contributed by atoms with Crippen LogP contribution in [-0.2, 0) is 0 Å². The summed E-state index contributed by atoms with van der Waals surface area (Å²) in [5, 5.41) is 3.90. The van der Waals surface area contributed by atoms with E-state index >= 15 is 0 Å². The third-order valence-electron chi connectivity index (χ3n) is 2.43. The van der Waals surface area contributed by atoms with Gasteiger partial charge in [-0.05, 0) is 43.0 Å². The van der Waals surface area contributed by atoms with Crippen molar-refractivity contribution in [2.45, 2.75) is 12.8 Å². The van der Waals surface area contributed by atoms with Crippen LogP contribution in [-0.4, -0.2) is 19.2 Å². The summed E-state index contributed by atoms with van der Waals surface area (Å²) < 4.78 is 5.01. The van der Waals surface area contributed by atoms with Gasteiger partial charge in [-0.15, -0.1) is 0 Å². The number of carbonyl (C=O) groups excluding carboxylic acids is 1. The Kier molecular flexibility index (Phi) is 3.19. The molecule has 1 amide bonds. The zero-order valence-electron chi connectivity index (χ0n) is 9.14. The van der Waals surface area contributed by atoms with Gasteiger partial charge in [-0.25, -0.2) is 5.43 Å². The van der Waals surface area contributed by atoms with Gasteiger partial charge in [0.1, 0.15) is 5.75 Å². The molecule has 1 aromatic carbocycles. The highest BCUT2D eigenvalue weighted by Crippen LogP contribution is 2.26. The summed E-state index contributed by atoms with van der Waals surface area (Å²) in [6, 6.07) is 6.92. The van der Waals surface area contributed by atoms with E-state index in [0.717, 1.165) is 5.75 Å². The van der Waals surface area contributed by atoms with Crippen LogP contribution in [0.1, 0.15) is 23.2 Å². The molecule has 0 unspecified atom stereocenters. The van der Waals surface area contributed by atoms with E-state index in [4.69, 9.17) is 4.74 Å². The van der Waals surface area contributed by atoms with E-state index in [1.54, 1.807) is 37.6 Å². The van der Waals surface area contributed by atoms with E-state index in [0.29, 0.717) is 11.5 Å². The maximum atomic E-state index is 11.6. The molecule has 0 atom stereocenters. The first-order valence-electron chi connectivity index (χ1n) is 5.27. The molecular weight excluding hydrogens is 204 g/mol. The molecule has 0 spiro atoms. The second kappa shape index (κ2) is 4.79. The van der Waals surface area contributed by atoms with E-state index in [1.807, 2.05) is 0 Å². The molecule has 2 rings (SSSR count). The molecule has 0 aromatic heterocycles. The second-order valence-corrected chi connectivity index (χ2v) is 3.79. The number of hydrogen-bond acceptors (Lipinski definition) is 3. The summed E-state index contributed by atoms with van der Waals surface area (Å²) in [6.45, 7) is 0. The van der Waals surface area contributed by atoms with E-state index in [-0.39, 0.29) is 5.91 Å². The number of nitrogens with zero attached hydrogens (tertiary/aromatic N) is 1. The zero-order valence-corrected chi connectivity index (χ0v) is 9.14. The number of hydrogen-bond donors (Lipinski definition) is 1. The maximum Gasteiger partial charge on any atom is 0.271 e. The van der Waals surface area contributed by atoms with E-state index in [1.165, 1.54) is 12.8 Å². The largest absolute Gasteiger partial charge is 0.497 e. The summed E-state index contributed by atoms with van der Waals surface area (Å²) in [5.74, 6) is 1.11. The van der Waals surface area contributed by atoms with Gasteiger partial charge in [0, 0.05) is 11.8 Å². The first kappa shape index (κ1) is 10.7. The quantitative estimate of drug-likeness (QED) is 0.619. The first-order valence-corrected chi connectivity index (χ1v) is 5.27. The van der Waals surface area contributed by atoms with Crippen molar-refractivity contribution in [3.8, 4) is 5.75 Å². The van der Waals surface area contributed by atoms with Crippen molar-refractivity contribution < 1.29 is 9.53 Å². The van der Waals surface area contributed by atoms with Crippen LogP contribution in [0.2, 0.25) is 0 Å². The lowest BCUT2D eigenvalue weighted by molar-refractivity contribution is 0.0955. The van der Waals surface area contributed by atoms with Crippen molar-refractivity contribution in [2.24, 2.45) is 11.0 Å². The number of nitrogens with one attached hydrogen (secondary N) is 1. The minimum absolute atomic E-state index is 0.195. The molecule has 4 nitrogen and oxygen atoms in total. The summed E-state index contributed by atoms with van der Waals surface area (Å²) in [6.07, 6.45) is 4.16. The van der Waals surface area contributed by atoms with Gasteiger partial charge in [0.15, 0.2) is 0 Å². The summed E-state index contributed by atoms with van der Waals surface area (Å²) >= 11 is 0. The molecule has 1 N–H and O–H groups in total. The first-order chi connectivity index (χ1) is 7.79. The van der Waals surface area contributed by atoms with E-state index < -0.39 is 0 Å². The highest BCUT2D eigenvalue weighted by atomic mass is 16.5. The Morgan fingerprint density at radius 2 is 2.12 bits per heavy atom. The molecule has 16 heavy (non-hydrogen) atoms. The van der Waals surface area contributed by atoms with Crippen LogP contribution in [0.25, 0.3) is 0 Å². The fourth-order valence-corrected chi connectivity index (χ4v) is 1.25. The summed E-state index contributed by atoms with van der Waals surface area (Å²) in [5.41, 5.74) is 3.07. The predicted octanol–water partition coefficient (Wildman–Crippen LogP) is 1.82. The van der Waals surface area contributed by atoms with Crippen molar-refractivity contribution in [3.63, 3.8) is 0 Å². The van der Waals surface area contributed by atoms with Gasteiger partial charge in [-0.1, -0.05) is 0 Å². The monoisotopic (exact) mass is 218 g/mol. The number of benzene rings is 1. The number of amides is 1. The van der Waals surface area contributed by atoms with Crippen molar-refractivity contribution >= 4 is 12.1 Å². The number of rotatable bonds is 4. The lowest BCUT2D eigenvalue weighted by Crippen LogP contribution is -2.17. The van der Waals surface area contributed by atoms with Gasteiger partial charge in [0.25, 0.3) is 5.91 Å². The third-order valence-corrected chi connectivity index (χ3v) is 2.43. The zero-order chi connectivity index (χ0) is 11.4. The minimum atomic E-state index is -0.195. The fraction of sp³-hybridized carbons (Fsp3) is 0.333. The fourth-order valence-electron chi connectivity index (χ4n) is 1.25. The summed E-state index contributed by atoms with van der Waals surface area (Å²) in [7, 11) is 1.59. The van der Waals surface area contributed by atoms with Crippen LogP contribution >= 0.6 is 0 Å². The Labute approximate surface area is 94.3 Å². The Morgan fingerprint density at radius 3 is 2.69 bits per heavy atom. The van der Waals surface area contributed by atoms with Crippen LogP contribution in [0.5, 0.6) is 5.75 Å². The normalized spacial score (nSPS) is 15.1. The van der Waals surface area contributed by atoms with Gasteiger partial charge >= 0.3 is 0 Å². The molecule has 0 aliphatic heterocycles. The second-order valence-electron chi connectivity index (χ2n) is 3.79. The molecule has 0 saturated heterocycles. The topological polar surface area (TPSA) is 50.7 Å². The molecule has 4 heteroatoms. The highest BCUT2D eigenvalue weighted by Gasteiger charge is 2.18. The molecule has 0 radical (unpaired) electrons. The molecule has 84 valence electrons. The average molecular weight is 218 g/mol. The molecule has 0 bridgehead atoms. The van der Waals surface area contributed by atoms with Crippen molar-refractivity contribution in [1.29, 1.82) is 0 Å². The van der Waals surface area contributed by atoms with Crippen LogP contribution in [0.3, 0.4) is 0 Å². The Hall–Kier alpha value is -1.84. The van der Waals surface area contributed by atoms with Crippen molar-refractivity contribution in [1.82, 2.24) is 5.43 Å². The molecule has 1 aromatic rings. The van der Waals surface area contributed by atoms with Crippen LogP contribution < -0.4 is 10.2 Å². The molecule has 0 heterocycles. The predicted molar refractivity (Wildman–Crippen MR) is 61.7 cm³/mol. The van der Waals surface area contributed by atoms with Crippen molar-refractivity contribution in [2.75, 3.05) is 7.11 Å². The Morgan fingerprint density at radius 1 is 1.44 bits per heavy atom. The maximum absolute atomic E-state index is 11.6. The number of methoxy groups -OCH3 is 1. The van der Waals surface area contributed by atoms with Gasteiger partial charge in [0.2, 0.25) is 0 Å². The minimum Gasteiger partial charge on any atom is -0.497 e. The Bertz CT molecular complexity index is 394. The standard InChI is InChI=1S/C12H14N2O2/c1-16-11-6-4-10(5-7-11)12(15)14-13-8-9-2-3-9/h4-9H,2-3H2,1H3,(H,14,15). The smallest absolute Gasteiger partial charge is 0.271 e. The van der Waals surface area contributed by atoms with Gasteiger partial charge in [-0.3, -0.25) is 4.79 Å². The molecular formula is C12H14N2O2. The van der Waals surface area contributed by atoms with Gasteiger partial charge < -0.3 is 4.74 Å². The summed E-state index contributed by atoms with van der Waals surface area (Å²) in [4.78, 5) is 11.6. The number of ether oxygens (including phenoxy) is 1. The van der Waals surface area contributed by atoms with Crippen molar-refractivity contribution in [3.05, 3.63) is 29.8 Å². The number of hydrazone groups is 1. The lowest BCUT2D eigenvalue weighted by Gasteiger charge is -2.01. The van der Waals surface area contributed by atoms with Gasteiger partial charge in [0.05, 0.1) is 7.11 Å². The highest BCUT2D eigenvalue weighted by molar-refractivity contribution is 5.94. The molecule has 1 aliphatic rings. The van der Waals surface area contributed by atoms with E-state index in [2.05, 4.69) is 10.5 Å². The molecule has 1 fully saturated rings. The average Bonchev–Trinajstić information content (AvgIpc) is 3.13. The molecule has 1 saturated carbocycles. The van der Waals surface area contributed by atoms with Crippen LogP contribution in [0.4, 0.5) is 0 Å². The van der Waals surface area contributed by atoms with Gasteiger partial charge in [-0.2, -0.15) is 5.10 Å². The lowest BCUT2D eigenvalue weighted by atomic mass is 10.2. The molecule has 1 aliphatic carbocycles. The van der Waals surface area contributed by atoms with Crippen LogP contribution in [0.15, 0.2) is 29.4 Å². The third kappa shape index (κ3) is 2.82. The number of carbonyl (C=O) groups is 1. The van der Waals surface area contributed by atoms with E-state index in [9.17, 15) is 4.79 Å².